The van der Waals surface area contributed by atoms with Gasteiger partial charge < -0.3 is 10.1 Å². The first-order valence-electron chi connectivity index (χ1n) is 7.22. The van der Waals surface area contributed by atoms with Crippen molar-refractivity contribution in [3.63, 3.8) is 0 Å². The number of ether oxygens (including phenoxy) is 1. The molecule has 1 saturated heterocycles. The van der Waals surface area contributed by atoms with Gasteiger partial charge in [-0.1, -0.05) is 17.7 Å². The Morgan fingerprint density at radius 1 is 1.25 bits per heavy atom. The van der Waals surface area contributed by atoms with Gasteiger partial charge in [0.05, 0.1) is 24.2 Å². The van der Waals surface area contributed by atoms with E-state index in [-0.39, 0.29) is 12.3 Å². The zero-order valence-corrected chi connectivity index (χ0v) is 13.5. The van der Waals surface area contributed by atoms with E-state index in [4.69, 9.17) is 16.3 Å². The van der Waals surface area contributed by atoms with E-state index < -0.39 is 17.8 Å². The van der Waals surface area contributed by atoms with E-state index in [1.807, 2.05) is 0 Å². The quantitative estimate of drug-likeness (QED) is 0.862. The molecule has 0 spiro atoms. The lowest BCUT2D eigenvalue weighted by molar-refractivity contribution is -0.121. The number of nitrogens with zero attached hydrogens (tertiary/aromatic N) is 1. The number of rotatable bonds is 4. The first kappa shape index (κ1) is 16.3. The topological polar surface area (TPSA) is 58.6 Å². The third-order valence-electron chi connectivity index (χ3n) is 3.71. The monoisotopic (exact) mass is 348 g/mol. The van der Waals surface area contributed by atoms with Crippen molar-refractivity contribution in [2.75, 3.05) is 17.3 Å². The van der Waals surface area contributed by atoms with Crippen LogP contribution in [0.3, 0.4) is 0 Å². The van der Waals surface area contributed by atoms with Gasteiger partial charge in [-0.15, -0.1) is 0 Å². The first-order valence-corrected chi connectivity index (χ1v) is 7.60. The molecule has 3 rings (SSSR count). The average molecular weight is 349 g/mol. The van der Waals surface area contributed by atoms with Crippen LogP contribution in [0.2, 0.25) is 5.02 Å². The van der Waals surface area contributed by atoms with Crippen LogP contribution in [0, 0.1) is 5.82 Å². The van der Waals surface area contributed by atoms with Gasteiger partial charge in [-0.3, -0.25) is 9.59 Å². The number of imide groups is 1. The lowest BCUT2D eigenvalue weighted by Crippen LogP contribution is -2.34. The van der Waals surface area contributed by atoms with Crippen molar-refractivity contribution in [3.8, 4) is 5.75 Å². The lowest BCUT2D eigenvalue weighted by Gasteiger charge is -2.17. The van der Waals surface area contributed by atoms with E-state index in [2.05, 4.69) is 5.32 Å². The van der Waals surface area contributed by atoms with Crippen LogP contribution in [0.4, 0.5) is 15.8 Å². The van der Waals surface area contributed by atoms with Crippen molar-refractivity contribution in [1.29, 1.82) is 0 Å². The van der Waals surface area contributed by atoms with Crippen LogP contribution in [0.25, 0.3) is 0 Å². The Morgan fingerprint density at radius 3 is 2.71 bits per heavy atom. The first-order chi connectivity index (χ1) is 11.5. The molecule has 0 aliphatic carbocycles. The summed E-state index contributed by atoms with van der Waals surface area (Å²) in [6.07, 6.45) is -0.0149. The molecule has 0 bridgehead atoms. The highest BCUT2D eigenvalue weighted by molar-refractivity contribution is 6.33. The van der Waals surface area contributed by atoms with Gasteiger partial charge in [0.15, 0.2) is 0 Å². The number of anilines is 2. The highest BCUT2D eigenvalue weighted by atomic mass is 35.5. The largest absolute Gasteiger partial charge is 0.495 e. The molecule has 7 heteroatoms. The van der Waals surface area contributed by atoms with Crippen LogP contribution in [-0.4, -0.2) is 25.0 Å². The van der Waals surface area contributed by atoms with Crippen LogP contribution < -0.4 is 15.0 Å². The van der Waals surface area contributed by atoms with Crippen molar-refractivity contribution in [2.45, 2.75) is 12.5 Å². The van der Waals surface area contributed by atoms with Gasteiger partial charge in [-0.25, -0.2) is 9.29 Å². The molecule has 124 valence electrons. The highest BCUT2D eigenvalue weighted by Crippen LogP contribution is 2.32. The van der Waals surface area contributed by atoms with Crippen molar-refractivity contribution < 1.29 is 18.7 Å². The second-order valence-electron chi connectivity index (χ2n) is 5.30. The number of nitrogens with one attached hydrogen (secondary N) is 1. The maximum Gasteiger partial charge on any atom is 0.256 e. The van der Waals surface area contributed by atoms with Gasteiger partial charge in [0, 0.05) is 5.69 Å². The number of methoxy groups -OCH3 is 1. The molecule has 1 aliphatic heterocycles. The molecule has 24 heavy (non-hydrogen) atoms. The van der Waals surface area contributed by atoms with Crippen LogP contribution in [0.1, 0.15) is 6.42 Å². The summed E-state index contributed by atoms with van der Waals surface area (Å²) in [6, 6.07) is 9.66. The molecule has 1 atom stereocenters. The van der Waals surface area contributed by atoms with Gasteiger partial charge in [0.2, 0.25) is 5.91 Å². The maximum absolute atomic E-state index is 13.2. The van der Waals surface area contributed by atoms with E-state index in [9.17, 15) is 14.0 Å². The molecular formula is C17H14ClFN2O3. The third kappa shape index (κ3) is 3.05. The number of amides is 2. The Hall–Kier alpha value is -2.60. The number of carbonyl (C=O) groups is 2. The molecule has 1 fully saturated rings. The molecule has 0 aromatic heterocycles. The van der Waals surface area contributed by atoms with Gasteiger partial charge in [-0.05, 0) is 36.4 Å². The minimum atomic E-state index is -0.750. The molecule has 1 N–H and O–H groups in total. The fraction of sp³-hybridized carbons (Fsp3) is 0.176. The lowest BCUT2D eigenvalue weighted by atomic mass is 10.2. The Kier molecular flexibility index (Phi) is 4.40. The van der Waals surface area contributed by atoms with E-state index in [1.54, 1.807) is 18.2 Å². The second-order valence-corrected chi connectivity index (χ2v) is 5.70. The van der Waals surface area contributed by atoms with E-state index >= 15 is 0 Å². The summed E-state index contributed by atoms with van der Waals surface area (Å²) in [5, 5.41) is 3.19. The number of halogens is 2. The number of benzene rings is 2. The summed E-state index contributed by atoms with van der Waals surface area (Å²) in [7, 11) is 1.48. The van der Waals surface area contributed by atoms with Crippen molar-refractivity contribution in [2.24, 2.45) is 0 Å². The predicted molar refractivity (Wildman–Crippen MR) is 88.9 cm³/mol. The predicted octanol–water partition coefficient (Wildman–Crippen LogP) is 3.23. The zero-order chi connectivity index (χ0) is 17.3. The summed E-state index contributed by atoms with van der Waals surface area (Å²) < 4.78 is 18.3. The van der Waals surface area contributed by atoms with Crippen LogP contribution >= 0.6 is 11.6 Å². The Labute approximate surface area is 143 Å². The molecule has 1 heterocycles. The van der Waals surface area contributed by atoms with Crippen LogP contribution in [-0.2, 0) is 9.59 Å². The molecular weight excluding hydrogens is 335 g/mol. The minimum Gasteiger partial charge on any atom is -0.495 e. The molecule has 0 unspecified atom stereocenters. The van der Waals surface area contributed by atoms with Crippen LogP contribution in [0.5, 0.6) is 5.75 Å². The highest BCUT2D eigenvalue weighted by Gasteiger charge is 2.39. The zero-order valence-electron chi connectivity index (χ0n) is 12.8. The van der Waals surface area contributed by atoms with E-state index in [0.717, 1.165) is 4.90 Å². The summed E-state index contributed by atoms with van der Waals surface area (Å²) in [6.45, 7) is 0. The fourth-order valence-corrected chi connectivity index (χ4v) is 2.84. The second kappa shape index (κ2) is 6.49. The Balaban J connectivity index is 1.82. The summed E-state index contributed by atoms with van der Waals surface area (Å²) in [4.78, 5) is 25.9. The SMILES string of the molecule is COc1ccc(N2C(=O)C[C@@H](Nc3cccc(F)c3)C2=O)cc1Cl. The van der Waals surface area contributed by atoms with Crippen molar-refractivity contribution in [1.82, 2.24) is 0 Å². The summed E-state index contributed by atoms with van der Waals surface area (Å²) in [5.74, 6) is -0.731. The Morgan fingerprint density at radius 2 is 2.04 bits per heavy atom. The van der Waals surface area contributed by atoms with Gasteiger partial charge in [-0.2, -0.15) is 0 Å². The number of hydrogen-bond acceptors (Lipinski definition) is 4. The van der Waals surface area contributed by atoms with Gasteiger partial charge >= 0.3 is 0 Å². The van der Waals surface area contributed by atoms with E-state index in [1.165, 1.54) is 31.4 Å². The number of hydrogen-bond donors (Lipinski definition) is 1. The molecule has 2 aromatic rings. The average Bonchev–Trinajstić information content (AvgIpc) is 2.81. The number of carbonyl (C=O) groups excluding carboxylic acids is 2. The molecule has 2 amide bonds. The van der Waals surface area contributed by atoms with Gasteiger partial charge in [0.1, 0.15) is 17.6 Å². The maximum atomic E-state index is 13.2. The molecule has 2 aromatic carbocycles. The standard InChI is InChI=1S/C17H14ClFN2O3/c1-24-15-6-5-12(8-13(15)18)21-16(22)9-14(17(21)23)20-11-4-2-3-10(19)7-11/h2-8,14,20H,9H2,1H3/t14-/m1/s1. The molecule has 0 saturated carbocycles. The third-order valence-corrected chi connectivity index (χ3v) is 4.00. The van der Waals surface area contributed by atoms with Gasteiger partial charge in [0.25, 0.3) is 5.91 Å². The van der Waals surface area contributed by atoms with E-state index in [0.29, 0.717) is 22.1 Å². The molecule has 0 radical (unpaired) electrons. The Bertz CT molecular complexity index is 812. The smallest absolute Gasteiger partial charge is 0.256 e. The molecule has 1 aliphatic rings. The van der Waals surface area contributed by atoms with Crippen molar-refractivity contribution >= 4 is 34.8 Å². The van der Waals surface area contributed by atoms with Crippen LogP contribution in [0.15, 0.2) is 42.5 Å². The normalized spacial score (nSPS) is 17.3. The van der Waals surface area contributed by atoms with Crippen molar-refractivity contribution in [3.05, 3.63) is 53.3 Å². The molecule has 5 nitrogen and oxygen atoms in total. The fourth-order valence-electron chi connectivity index (χ4n) is 2.59. The minimum absolute atomic E-state index is 0.0149. The summed E-state index contributed by atoms with van der Waals surface area (Å²) >= 11 is 6.06. The summed E-state index contributed by atoms with van der Waals surface area (Å²) in [5.41, 5.74) is 0.815.